The number of amides is 2. The number of carbonyl (C=O) groups excluding carboxylic acids is 2. The summed E-state index contributed by atoms with van der Waals surface area (Å²) in [4.78, 5) is 27.9. The Hall–Kier alpha value is -2.05. The highest BCUT2D eigenvalue weighted by Gasteiger charge is 2.33. The molecule has 1 fully saturated rings. The number of nitrogens with zero attached hydrogens (tertiary/aromatic N) is 3. The molecule has 3 aromatic rings. The molecule has 0 radical (unpaired) electrons. The summed E-state index contributed by atoms with van der Waals surface area (Å²) in [6.07, 6.45) is 1.80. The van der Waals surface area contributed by atoms with E-state index in [2.05, 4.69) is 46.7 Å². The third-order valence-electron chi connectivity index (χ3n) is 4.13. The van der Waals surface area contributed by atoms with Gasteiger partial charge >= 0.3 is 0 Å². The first-order valence-corrected chi connectivity index (χ1v) is 13.0. The van der Waals surface area contributed by atoms with Crippen molar-refractivity contribution in [3.05, 3.63) is 62.7 Å². The van der Waals surface area contributed by atoms with Gasteiger partial charge in [-0.1, -0.05) is 83.0 Å². The van der Waals surface area contributed by atoms with Gasteiger partial charge in [0.25, 0.3) is 5.91 Å². The van der Waals surface area contributed by atoms with Gasteiger partial charge in [0, 0.05) is 10.6 Å². The number of aromatic nitrogens is 2. The molecule has 0 aliphatic carbocycles. The summed E-state index contributed by atoms with van der Waals surface area (Å²) in [5.74, 6) is 0.153. The molecule has 0 unspecified atom stereocenters. The molecule has 0 bridgehead atoms. The van der Waals surface area contributed by atoms with E-state index in [0.717, 1.165) is 15.0 Å². The Bertz CT molecular complexity index is 1140. The number of aryl methyl sites for hydroxylation is 1. The van der Waals surface area contributed by atoms with Crippen LogP contribution in [0.3, 0.4) is 0 Å². The van der Waals surface area contributed by atoms with Crippen molar-refractivity contribution in [2.75, 3.05) is 11.9 Å². The van der Waals surface area contributed by atoms with Crippen LogP contribution in [0, 0.1) is 6.92 Å². The minimum Gasteiger partial charge on any atom is -0.299 e. The highest BCUT2D eigenvalue weighted by molar-refractivity contribution is 8.26. The third kappa shape index (κ3) is 5.80. The fourth-order valence-corrected chi connectivity index (χ4v) is 6.29. The van der Waals surface area contributed by atoms with Gasteiger partial charge in [-0.25, -0.2) is 0 Å². The van der Waals surface area contributed by atoms with Crippen LogP contribution in [0.25, 0.3) is 6.08 Å². The van der Waals surface area contributed by atoms with Crippen molar-refractivity contribution in [2.24, 2.45) is 0 Å². The number of nitrogens with one attached hydrogen (secondary N) is 1. The first-order valence-electron chi connectivity index (χ1n) is 9.08. The second-order valence-corrected chi connectivity index (χ2v) is 11.3. The highest BCUT2D eigenvalue weighted by Crippen LogP contribution is 2.33. The maximum atomic E-state index is 12.6. The van der Waals surface area contributed by atoms with Crippen molar-refractivity contribution < 1.29 is 9.59 Å². The van der Waals surface area contributed by atoms with Gasteiger partial charge in [0.05, 0.1) is 4.91 Å². The molecule has 11 heteroatoms. The lowest BCUT2D eigenvalue weighted by Crippen LogP contribution is -2.36. The smallest absolute Gasteiger partial charge is 0.266 e. The van der Waals surface area contributed by atoms with E-state index < -0.39 is 0 Å². The molecule has 0 atom stereocenters. The zero-order valence-electron chi connectivity index (χ0n) is 16.2. The van der Waals surface area contributed by atoms with Gasteiger partial charge in [0.2, 0.25) is 11.0 Å². The summed E-state index contributed by atoms with van der Waals surface area (Å²) in [6.45, 7) is 1.90. The first kappa shape index (κ1) is 22.2. The van der Waals surface area contributed by atoms with E-state index in [4.69, 9.17) is 12.2 Å². The first-order chi connectivity index (χ1) is 15.0. The van der Waals surface area contributed by atoms with Gasteiger partial charge in [0.1, 0.15) is 10.9 Å². The number of hydrogen-bond acceptors (Lipinski definition) is 9. The Balaban J connectivity index is 1.31. The number of thiophene rings is 1. The Labute approximate surface area is 201 Å². The van der Waals surface area contributed by atoms with E-state index in [0.29, 0.717) is 14.4 Å². The summed E-state index contributed by atoms with van der Waals surface area (Å²) >= 11 is 10.9. The fourth-order valence-electron chi connectivity index (χ4n) is 2.59. The summed E-state index contributed by atoms with van der Waals surface area (Å²) in [5, 5.41) is 13.2. The van der Waals surface area contributed by atoms with E-state index >= 15 is 0 Å². The minimum atomic E-state index is -0.361. The van der Waals surface area contributed by atoms with Gasteiger partial charge < -0.3 is 0 Å². The molecular weight excluding hydrogens is 489 g/mol. The number of benzene rings is 1. The molecule has 4 rings (SSSR count). The minimum absolute atomic E-state index is 0.155. The van der Waals surface area contributed by atoms with Gasteiger partial charge in [-0.2, -0.15) is 0 Å². The molecule has 1 aliphatic rings. The standard InChI is InChI=1S/C20H16N4O2S5/c1-12-4-6-13(7-5-12)11-29-19-23-22-18(31-19)21-16(25)10-24-17(26)15(30-20(24)27)9-14-3-2-8-28-14/h2-9H,10-11H2,1H3,(H,21,22,25)/b15-9-. The molecule has 2 aromatic heterocycles. The van der Waals surface area contributed by atoms with Gasteiger partial charge in [0.15, 0.2) is 4.34 Å². The molecule has 1 aromatic carbocycles. The number of carbonyl (C=O) groups is 2. The van der Waals surface area contributed by atoms with E-state index in [1.165, 1.54) is 50.5 Å². The fraction of sp³-hybridized carbons (Fsp3) is 0.150. The molecule has 0 spiro atoms. The number of anilines is 1. The monoisotopic (exact) mass is 504 g/mol. The summed E-state index contributed by atoms with van der Waals surface area (Å²) in [5.41, 5.74) is 2.42. The van der Waals surface area contributed by atoms with Crippen LogP contribution < -0.4 is 5.32 Å². The van der Waals surface area contributed by atoms with Crippen LogP contribution >= 0.6 is 58.4 Å². The lowest BCUT2D eigenvalue weighted by Gasteiger charge is -2.13. The number of thiocarbonyl (C=S) groups is 1. The van der Waals surface area contributed by atoms with Crippen molar-refractivity contribution in [2.45, 2.75) is 17.0 Å². The Morgan fingerprint density at radius 1 is 1.26 bits per heavy atom. The van der Waals surface area contributed by atoms with Crippen LogP contribution in [0.5, 0.6) is 0 Å². The van der Waals surface area contributed by atoms with Gasteiger partial charge in [-0.05, 0) is 30.0 Å². The van der Waals surface area contributed by atoms with E-state index in [1.54, 1.807) is 17.8 Å². The summed E-state index contributed by atoms with van der Waals surface area (Å²) in [6, 6.07) is 12.2. The van der Waals surface area contributed by atoms with Crippen molar-refractivity contribution in [3.63, 3.8) is 0 Å². The SMILES string of the molecule is Cc1ccc(CSc2nnc(NC(=O)CN3C(=O)/C(=C/c4cccs4)SC3=S)s2)cc1. The zero-order valence-corrected chi connectivity index (χ0v) is 20.3. The Morgan fingerprint density at radius 3 is 2.81 bits per heavy atom. The Morgan fingerprint density at radius 2 is 2.06 bits per heavy atom. The van der Waals surface area contributed by atoms with Crippen LogP contribution in [0.4, 0.5) is 5.13 Å². The molecular formula is C20H16N4O2S5. The Kier molecular flexibility index (Phi) is 7.18. The van der Waals surface area contributed by atoms with Crippen LogP contribution in [0.15, 0.2) is 51.0 Å². The average molecular weight is 505 g/mol. The predicted molar refractivity (Wildman–Crippen MR) is 133 cm³/mol. The maximum absolute atomic E-state index is 12.6. The second-order valence-electron chi connectivity index (χ2n) is 6.48. The normalized spacial score (nSPS) is 15.1. The largest absolute Gasteiger partial charge is 0.299 e. The number of rotatable bonds is 7. The molecule has 6 nitrogen and oxygen atoms in total. The van der Waals surface area contributed by atoms with Crippen LogP contribution in [-0.4, -0.2) is 37.8 Å². The molecule has 158 valence electrons. The quantitative estimate of drug-likeness (QED) is 0.209. The number of hydrogen-bond donors (Lipinski definition) is 1. The van der Waals surface area contributed by atoms with Crippen molar-refractivity contribution >= 4 is 85.8 Å². The maximum Gasteiger partial charge on any atom is 0.266 e. The van der Waals surface area contributed by atoms with Crippen LogP contribution in [0.2, 0.25) is 0 Å². The number of thioether (sulfide) groups is 2. The lowest BCUT2D eigenvalue weighted by atomic mass is 10.2. The molecule has 3 heterocycles. The highest BCUT2D eigenvalue weighted by atomic mass is 32.2. The molecule has 31 heavy (non-hydrogen) atoms. The summed E-state index contributed by atoms with van der Waals surface area (Å²) in [7, 11) is 0. The average Bonchev–Trinajstić information content (AvgIpc) is 3.47. The van der Waals surface area contributed by atoms with Gasteiger partial charge in [-0.15, -0.1) is 21.5 Å². The van der Waals surface area contributed by atoms with Gasteiger partial charge in [-0.3, -0.25) is 19.8 Å². The van der Waals surface area contributed by atoms with E-state index in [9.17, 15) is 9.59 Å². The van der Waals surface area contributed by atoms with Crippen molar-refractivity contribution in [3.8, 4) is 0 Å². The zero-order chi connectivity index (χ0) is 21.8. The van der Waals surface area contributed by atoms with Crippen molar-refractivity contribution in [1.29, 1.82) is 0 Å². The molecule has 1 saturated heterocycles. The second kappa shape index (κ2) is 10.0. The third-order valence-corrected chi connectivity index (χ3v) is 8.37. The van der Waals surface area contributed by atoms with Crippen molar-refractivity contribution in [1.82, 2.24) is 15.1 Å². The topological polar surface area (TPSA) is 75.2 Å². The summed E-state index contributed by atoms with van der Waals surface area (Å²) < 4.78 is 1.13. The predicted octanol–water partition coefficient (Wildman–Crippen LogP) is 5.04. The van der Waals surface area contributed by atoms with Crippen LogP contribution in [-0.2, 0) is 15.3 Å². The molecule has 1 N–H and O–H groups in total. The molecule has 0 saturated carbocycles. The van der Waals surface area contributed by atoms with Crippen LogP contribution in [0.1, 0.15) is 16.0 Å². The lowest BCUT2D eigenvalue weighted by molar-refractivity contribution is -0.126. The molecule has 1 aliphatic heterocycles. The van der Waals surface area contributed by atoms with E-state index in [1.807, 2.05) is 17.5 Å². The molecule has 2 amide bonds. The van der Waals surface area contributed by atoms with E-state index in [-0.39, 0.29) is 18.4 Å².